The van der Waals surface area contributed by atoms with E-state index in [0.717, 1.165) is 6.07 Å². The number of ether oxygens (including phenoxy) is 1. The van der Waals surface area contributed by atoms with Crippen LogP contribution in [-0.4, -0.2) is 42.8 Å². The van der Waals surface area contributed by atoms with Crippen molar-refractivity contribution < 1.29 is 35.4 Å². The average molecular weight is 308 g/mol. The van der Waals surface area contributed by atoms with Crippen LogP contribution < -0.4 is 4.74 Å². The molecule has 0 saturated carbocycles. The lowest BCUT2D eigenvalue weighted by Crippen LogP contribution is -2.43. The Kier molecular flexibility index (Phi) is 3.29. The summed E-state index contributed by atoms with van der Waals surface area (Å²) in [4.78, 5) is 0. The summed E-state index contributed by atoms with van der Waals surface area (Å²) in [6.07, 6.45) is -0.377. The Balaban J connectivity index is 1.91. The molecule has 1 unspecified atom stereocenters. The third-order valence-corrected chi connectivity index (χ3v) is 3.96. The number of hydrogen-bond donors (Lipinski definition) is 6. The lowest BCUT2D eigenvalue weighted by Gasteiger charge is -2.35. The minimum atomic E-state index is -0.981. The molecule has 7 nitrogen and oxygen atoms in total. The lowest BCUT2D eigenvalue weighted by molar-refractivity contribution is -0.00628. The van der Waals surface area contributed by atoms with Crippen LogP contribution in [0.4, 0.5) is 0 Å². The third-order valence-electron chi connectivity index (χ3n) is 3.96. The van der Waals surface area contributed by atoms with Crippen LogP contribution in [0, 0.1) is 5.92 Å². The summed E-state index contributed by atoms with van der Waals surface area (Å²) in [6, 6.07) is 2.49. The van der Waals surface area contributed by atoms with Gasteiger partial charge in [-0.1, -0.05) is 0 Å². The molecule has 0 bridgehead atoms. The maximum Gasteiger partial charge on any atom is 0.195 e. The number of aromatic hydroxyl groups is 2. The van der Waals surface area contributed by atoms with E-state index in [9.17, 15) is 30.6 Å². The highest BCUT2D eigenvalue weighted by Gasteiger charge is 2.38. The van der Waals surface area contributed by atoms with Gasteiger partial charge in [0.2, 0.25) is 0 Å². The van der Waals surface area contributed by atoms with Crippen molar-refractivity contribution >= 4 is 0 Å². The first-order valence-corrected chi connectivity index (χ1v) is 6.78. The molecule has 3 rings (SSSR count). The fourth-order valence-corrected chi connectivity index (χ4v) is 2.87. The molecule has 1 aliphatic heterocycles. The molecule has 22 heavy (non-hydrogen) atoms. The quantitative estimate of drug-likeness (QED) is 0.464. The SMILES string of the molecule is OC1=CC([C@@H]2Oc3cc(O)cc(O)c3C[C@H]2O)CC(O)=C1O. The van der Waals surface area contributed by atoms with Gasteiger partial charge < -0.3 is 35.4 Å². The standard InChI is InChI=1S/C15H16O7/c16-7-3-9(17)8-5-12(20)15(22-13(8)4-7)6-1-10(18)14(21)11(19)2-6/h1,3-4,6,12,15-21H,2,5H2/t6?,12-,15+/m1/s1. The van der Waals surface area contributed by atoms with E-state index < -0.39 is 29.6 Å². The highest BCUT2D eigenvalue weighted by atomic mass is 16.5. The molecular weight excluding hydrogens is 292 g/mol. The summed E-state index contributed by atoms with van der Waals surface area (Å²) in [6.45, 7) is 0. The number of rotatable bonds is 1. The van der Waals surface area contributed by atoms with Crippen molar-refractivity contribution in [2.24, 2.45) is 5.92 Å². The molecule has 1 aromatic rings. The van der Waals surface area contributed by atoms with E-state index >= 15 is 0 Å². The van der Waals surface area contributed by atoms with Crippen LogP contribution in [0.15, 0.2) is 35.5 Å². The number of phenols is 2. The molecule has 6 N–H and O–H groups in total. The van der Waals surface area contributed by atoms with Gasteiger partial charge in [-0.2, -0.15) is 0 Å². The Labute approximate surface area is 125 Å². The van der Waals surface area contributed by atoms with Crippen molar-refractivity contribution in [3.63, 3.8) is 0 Å². The maximum atomic E-state index is 10.2. The normalized spacial score (nSPS) is 27.9. The van der Waals surface area contributed by atoms with Gasteiger partial charge in [0, 0.05) is 36.5 Å². The topological polar surface area (TPSA) is 131 Å². The highest BCUT2D eigenvalue weighted by molar-refractivity contribution is 5.51. The van der Waals surface area contributed by atoms with Crippen molar-refractivity contribution in [1.29, 1.82) is 0 Å². The predicted molar refractivity (Wildman–Crippen MR) is 75.0 cm³/mol. The molecule has 0 amide bonds. The van der Waals surface area contributed by atoms with E-state index in [4.69, 9.17) is 4.74 Å². The summed E-state index contributed by atoms with van der Waals surface area (Å²) in [5.74, 6) is -2.12. The van der Waals surface area contributed by atoms with Crippen LogP contribution in [0.2, 0.25) is 0 Å². The maximum absolute atomic E-state index is 10.2. The minimum Gasteiger partial charge on any atom is -0.508 e. The van der Waals surface area contributed by atoms with Crippen molar-refractivity contribution in [1.82, 2.24) is 0 Å². The lowest BCUT2D eigenvalue weighted by atomic mass is 9.85. The molecule has 0 radical (unpaired) electrons. The van der Waals surface area contributed by atoms with Gasteiger partial charge >= 0.3 is 0 Å². The number of allylic oxidation sites excluding steroid dienone is 1. The molecule has 0 spiro atoms. The largest absolute Gasteiger partial charge is 0.508 e. The van der Waals surface area contributed by atoms with E-state index in [1.807, 2.05) is 0 Å². The monoisotopic (exact) mass is 308 g/mol. The van der Waals surface area contributed by atoms with Crippen molar-refractivity contribution in [3.8, 4) is 17.2 Å². The Hall–Kier alpha value is -2.54. The van der Waals surface area contributed by atoms with Gasteiger partial charge in [0.1, 0.15) is 29.1 Å². The molecule has 1 heterocycles. The van der Waals surface area contributed by atoms with E-state index in [-0.39, 0.29) is 35.8 Å². The summed E-state index contributed by atoms with van der Waals surface area (Å²) in [7, 11) is 0. The van der Waals surface area contributed by atoms with Gasteiger partial charge in [0.15, 0.2) is 11.5 Å². The molecule has 7 heteroatoms. The molecule has 1 aliphatic carbocycles. The Bertz CT molecular complexity index is 677. The van der Waals surface area contributed by atoms with E-state index in [0.29, 0.717) is 5.56 Å². The zero-order chi connectivity index (χ0) is 16.0. The number of fused-ring (bicyclic) bond motifs is 1. The number of hydrogen-bond acceptors (Lipinski definition) is 7. The van der Waals surface area contributed by atoms with Gasteiger partial charge in [0.05, 0.1) is 6.10 Å². The fourth-order valence-electron chi connectivity index (χ4n) is 2.87. The Morgan fingerprint density at radius 1 is 1.00 bits per heavy atom. The Morgan fingerprint density at radius 3 is 2.41 bits per heavy atom. The van der Waals surface area contributed by atoms with Crippen LogP contribution in [0.3, 0.4) is 0 Å². The second-order valence-corrected chi connectivity index (χ2v) is 5.51. The van der Waals surface area contributed by atoms with Crippen molar-refractivity contribution in [3.05, 3.63) is 41.0 Å². The first-order chi connectivity index (χ1) is 10.4. The predicted octanol–water partition coefficient (Wildman–Crippen LogP) is 1.55. The number of aliphatic hydroxyl groups excluding tert-OH is 4. The van der Waals surface area contributed by atoms with Crippen LogP contribution in [0.1, 0.15) is 12.0 Å². The third kappa shape index (κ3) is 2.29. The first-order valence-electron chi connectivity index (χ1n) is 6.78. The van der Waals surface area contributed by atoms with Crippen molar-refractivity contribution in [2.45, 2.75) is 25.0 Å². The number of phenolic OH excluding ortho intramolecular Hbond substituents is 2. The van der Waals surface area contributed by atoms with Crippen LogP contribution in [0.5, 0.6) is 17.2 Å². The smallest absolute Gasteiger partial charge is 0.195 e. The second-order valence-electron chi connectivity index (χ2n) is 5.51. The van der Waals surface area contributed by atoms with Gasteiger partial charge in [-0.15, -0.1) is 0 Å². The van der Waals surface area contributed by atoms with E-state index in [2.05, 4.69) is 0 Å². The number of benzene rings is 1. The molecule has 2 aliphatic rings. The zero-order valence-electron chi connectivity index (χ0n) is 11.5. The van der Waals surface area contributed by atoms with Crippen LogP contribution >= 0.6 is 0 Å². The van der Waals surface area contributed by atoms with Gasteiger partial charge in [0.25, 0.3) is 0 Å². The first kappa shape index (κ1) is 14.4. The van der Waals surface area contributed by atoms with Gasteiger partial charge in [-0.05, 0) is 6.08 Å². The van der Waals surface area contributed by atoms with E-state index in [1.54, 1.807) is 0 Å². The summed E-state index contributed by atoms with van der Waals surface area (Å²) in [5.41, 5.74) is 0.383. The molecule has 1 aromatic carbocycles. The van der Waals surface area contributed by atoms with Crippen LogP contribution in [-0.2, 0) is 6.42 Å². The highest BCUT2D eigenvalue weighted by Crippen LogP contribution is 2.41. The zero-order valence-corrected chi connectivity index (χ0v) is 11.5. The molecule has 0 fully saturated rings. The van der Waals surface area contributed by atoms with Crippen LogP contribution in [0.25, 0.3) is 0 Å². The fraction of sp³-hybridized carbons (Fsp3) is 0.333. The second kappa shape index (κ2) is 5.03. The number of aliphatic hydroxyl groups is 4. The molecule has 0 aromatic heterocycles. The summed E-state index contributed by atoms with van der Waals surface area (Å²) in [5, 5.41) is 58.2. The Morgan fingerprint density at radius 2 is 1.73 bits per heavy atom. The molecule has 118 valence electrons. The van der Waals surface area contributed by atoms with E-state index in [1.165, 1.54) is 12.1 Å². The molecular formula is C15H16O7. The molecule has 3 atom stereocenters. The van der Waals surface area contributed by atoms with Gasteiger partial charge in [-0.25, -0.2) is 0 Å². The summed E-state index contributed by atoms with van der Waals surface area (Å²) >= 11 is 0. The average Bonchev–Trinajstić information content (AvgIpc) is 2.44. The van der Waals surface area contributed by atoms with Gasteiger partial charge in [-0.3, -0.25) is 0 Å². The molecule has 0 saturated heterocycles. The summed E-state index contributed by atoms with van der Waals surface area (Å²) < 4.78 is 5.64. The van der Waals surface area contributed by atoms with Crippen molar-refractivity contribution in [2.75, 3.05) is 0 Å². The minimum absolute atomic E-state index is 0.00223.